The van der Waals surface area contributed by atoms with E-state index in [-0.39, 0.29) is 33.5 Å². The maximum absolute atomic E-state index is 13.4. The number of ketones is 1. The van der Waals surface area contributed by atoms with Gasteiger partial charge in [0.25, 0.3) is 11.7 Å². The minimum Gasteiger partial charge on any atom is -0.507 e. The van der Waals surface area contributed by atoms with Gasteiger partial charge >= 0.3 is 5.97 Å². The third-order valence-corrected chi connectivity index (χ3v) is 6.84. The van der Waals surface area contributed by atoms with Gasteiger partial charge in [-0.25, -0.2) is 4.79 Å². The summed E-state index contributed by atoms with van der Waals surface area (Å²) in [5.41, 5.74) is 2.61. The molecule has 0 saturated carbocycles. The van der Waals surface area contributed by atoms with E-state index in [9.17, 15) is 19.5 Å². The summed E-state index contributed by atoms with van der Waals surface area (Å²) in [4.78, 5) is 40.4. The van der Waals surface area contributed by atoms with E-state index >= 15 is 0 Å². The number of amides is 1. The van der Waals surface area contributed by atoms with Gasteiger partial charge in [-0.3, -0.25) is 9.59 Å². The van der Waals surface area contributed by atoms with Crippen LogP contribution in [0.4, 0.5) is 0 Å². The molecule has 7 nitrogen and oxygen atoms in total. The number of carbonyl (C=O) groups is 3. The summed E-state index contributed by atoms with van der Waals surface area (Å²) >= 11 is 12.5. The van der Waals surface area contributed by atoms with Crippen LogP contribution in [0.3, 0.4) is 0 Å². The van der Waals surface area contributed by atoms with Gasteiger partial charge in [0.05, 0.1) is 41.5 Å². The highest BCUT2D eigenvalue weighted by Gasteiger charge is 2.46. The molecule has 0 bridgehead atoms. The molecule has 1 fully saturated rings. The van der Waals surface area contributed by atoms with Crippen LogP contribution < -0.4 is 4.74 Å². The molecule has 4 rings (SSSR count). The van der Waals surface area contributed by atoms with Crippen molar-refractivity contribution in [2.75, 3.05) is 13.7 Å². The lowest BCUT2D eigenvalue weighted by atomic mass is 9.94. The Morgan fingerprint density at radius 1 is 1.05 bits per heavy atom. The van der Waals surface area contributed by atoms with Crippen LogP contribution in [-0.4, -0.2) is 41.4 Å². The van der Waals surface area contributed by atoms with Gasteiger partial charge in [0.1, 0.15) is 11.5 Å². The Balaban J connectivity index is 1.80. The number of nitrogens with zero attached hydrogens (tertiary/aromatic N) is 1. The van der Waals surface area contributed by atoms with Crippen molar-refractivity contribution >= 4 is 46.6 Å². The van der Waals surface area contributed by atoms with Gasteiger partial charge in [-0.05, 0) is 48.7 Å². The first-order valence-corrected chi connectivity index (χ1v) is 13.1. The number of methoxy groups -OCH3 is 1. The lowest BCUT2D eigenvalue weighted by molar-refractivity contribution is -0.140. The first-order valence-electron chi connectivity index (χ1n) is 12.3. The maximum Gasteiger partial charge on any atom is 0.338 e. The zero-order chi connectivity index (χ0) is 28.3. The van der Waals surface area contributed by atoms with Crippen LogP contribution in [0, 0.1) is 6.92 Å². The normalized spacial score (nSPS) is 16.4. The van der Waals surface area contributed by atoms with Crippen molar-refractivity contribution in [2.24, 2.45) is 0 Å². The number of hydrogen-bond acceptors (Lipinski definition) is 6. The number of hydrogen-bond donors (Lipinski definition) is 1. The molecule has 3 aromatic rings. The minimum absolute atomic E-state index is 0.0533. The van der Waals surface area contributed by atoms with E-state index in [4.69, 9.17) is 32.7 Å². The lowest BCUT2D eigenvalue weighted by Crippen LogP contribution is -2.29. The van der Waals surface area contributed by atoms with Gasteiger partial charge in [0.15, 0.2) is 0 Å². The van der Waals surface area contributed by atoms with Crippen LogP contribution in [0.25, 0.3) is 5.76 Å². The molecule has 202 valence electrons. The van der Waals surface area contributed by atoms with Gasteiger partial charge in [0.2, 0.25) is 0 Å². The van der Waals surface area contributed by atoms with E-state index in [0.29, 0.717) is 29.7 Å². The summed E-state index contributed by atoms with van der Waals surface area (Å²) in [5.74, 6) is -2.38. The van der Waals surface area contributed by atoms with Crippen molar-refractivity contribution in [2.45, 2.75) is 32.9 Å². The first kappa shape index (κ1) is 28.2. The molecule has 1 aliphatic heterocycles. The molecule has 1 saturated heterocycles. The van der Waals surface area contributed by atoms with E-state index in [1.807, 2.05) is 32.0 Å². The quantitative estimate of drug-likeness (QED) is 0.144. The molecular formula is C30H27Cl2NO6. The van der Waals surface area contributed by atoms with Crippen LogP contribution in [0.2, 0.25) is 10.0 Å². The highest BCUT2D eigenvalue weighted by molar-refractivity contribution is 6.46. The molecule has 0 radical (unpaired) electrons. The van der Waals surface area contributed by atoms with Gasteiger partial charge in [-0.1, -0.05) is 72.1 Å². The van der Waals surface area contributed by atoms with Crippen molar-refractivity contribution in [1.82, 2.24) is 4.90 Å². The first-order chi connectivity index (χ1) is 18.7. The second-order valence-corrected chi connectivity index (χ2v) is 9.99. The number of rotatable bonds is 8. The lowest BCUT2D eigenvalue weighted by Gasteiger charge is -2.26. The molecule has 39 heavy (non-hydrogen) atoms. The SMILES string of the molecule is CCCOC(=O)c1ccc(CN2C(=O)C(=O)/C(=C(/O)c3cc(Cl)cc(Cl)c3OC)C2c2cccc(C)c2)cc1. The fourth-order valence-corrected chi connectivity index (χ4v) is 5.11. The molecular weight excluding hydrogens is 541 g/mol. The molecule has 0 spiro atoms. The Morgan fingerprint density at radius 2 is 1.77 bits per heavy atom. The summed E-state index contributed by atoms with van der Waals surface area (Å²) < 4.78 is 10.6. The highest BCUT2D eigenvalue weighted by atomic mass is 35.5. The summed E-state index contributed by atoms with van der Waals surface area (Å²) in [6, 6.07) is 16.0. The molecule has 3 aromatic carbocycles. The number of aryl methyl sites for hydroxylation is 1. The maximum atomic E-state index is 13.4. The number of ether oxygens (including phenoxy) is 2. The topological polar surface area (TPSA) is 93.1 Å². The third kappa shape index (κ3) is 5.79. The zero-order valence-corrected chi connectivity index (χ0v) is 23.2. The van der Waals surface area contributed by atoms with Crippen LogP contribution >= 0.6 is 23.2 Å². The molecule has 1 heterocycles. The van der Waals surface area contributed by atoms with E-state index in [1.165, 1.54) is 24.1 Å². The monoisotopic (exact) mass is 567 g/mol. The Kier molecular flexibility index (Phi) is 8.63. The number of aliphatic hydroxyl groups excluding tert-OH is 1. The summed E-state index contributed by atoms with van der Waals surface area (Å²) in [7, 11) is 1.38. The average Bonchev–Trinajstić information content (AvgIpc) is 3.16. The number of halogens is 2. The smallest absolute Gasteiger partial charge is 0.338 e. The Morgan fingerprint density at radius 3 is 2.41 bits per heavy atom. The Hall–Kier alpha value is -3.81. The van der Waals surface area contributed by atoms with Crippen LogP contribution in [0.1, 0.15) is 52.0 Å². The van der Waals surface area contributed by atoms with Crippen LogP contribution in [0.15, 0.2) is 66.2 Å². The standard InChI is InChI=1S/C30H27Cl2NO6/c1-4-12-39-30(37)19-10-8-18(9-11-19)16-33-25(20-7-5-6-17(2)13-20)24(27(35)29(33)36)26(34)22-14-21(31)15-23(32)28(22)38-3/h5-11,13-15,25,34H,4,12,16H2,1-3H3/b26-24+. The number of likely N-dealkylation sites (tertiary alicyclic amines) is 1. The number of carbonyl (C=O) groups excluding carboxylic acids is 3. The second-order valence-electron chi connectivity index (χ2n) is 9.14. The number of aliphatic hydroxyl groups is 1. The van der Waals surface area contributed by atoms with E-state index in [0.717, 1.165) is 5.56 Å². The molecule has 0 aliphatic carbocycles. The van der Waals surface area contributed by atoms with E-state index < -0.39 is 29.5 Å². The minimum atomic E-state index is -0.901. The van der Waals surface area contributed by atoms with Gasteiger partial charge in [-0.2, -0.15) is 0 Å². The predicted molar refractivity (Wildman–Crippen MR) is 149 cm³/mol. The van der Waals surface area contributed by atoms with Crippen LogP contribution in [0.5, 0.6) is 5.75 Å². The van der Waals surface area contributed by atoms with E-state index in [2.05, 4.69) is 0 Å². The zero-order valence-electron chi connectivity index (χ0n) is 21.7. The number of esters is 1. The largest absolute Gasteiger partial charge is 0.507 e. The fraction of sp³-hybridized carbons (Fsp3) is 0.233. The average molecular weight is 568 g/mol. The second kappa shape index (κ2) is 11.9. The van der Waals surface area contributed by atoms with Crippen molar-refractivity contribution in [3.05, 3.63) is 104 Å². The Bertz CT molecular complexity index is 1460. The van der Waals surface area contributed by atoms with Gasteiger partial charge < -0.3 is 19.5 Å². The summed E-state index contributed by atoms with van der Waals surface area (Å²) in [6.07, 6.45) is 0.714. The summed E-state index contributed by atoms with van der Waals surface area (Å²) in [5, 5.41) is 11.8. The molecule has 1 atom stereocenters. The van der Waals surface area contributed by atoms with Crippen molar-refractivity contribution in [3.8, 4) is 5.75 Å². The molecule has 1 aliphatic rings. The van der Waals surface area contributed by atoms with E-state index in [1.54, 1.807) is 30.3 Å². The van der Waals surface area contributed by atoms with Crippen molar-refractivity contribution in [3.63, 3.8) is 0 Å². The van der Waals surface area contributed by atoms with Crippen molar-refractivity contribution < 1.29 is 29.0 Å². The Labute approximate surface area is 236 Å². The molecule has 1 amide bonds. The van der Waals surface area contributed by atoms with Crippen molar-refractivity contribution in [1.29, 1.82) is 0 Å². The highest BCUT2D eigenvalue weighted by Crippen LogP contribution is 2.44. The van der Waals surface area contributed by atoms with Gasteiger partial charge in [-0.15, -0.1) is 0 Å². The third-order valence-electron chi connectivity index (χ3n) is 6.35. The number of benzene rings is 3. The van der Waals surface area contributed by atoms with Gasteiger partial charge in [0, 0.05) is 11.6 Å². The molecule has 0 aromatic heterocycles. The number of Topliss-reactive ketones (excluding diaryl/α,β-unsaturated/α-hetero) is 1. The summed E-state index contributed by atoms with van der Waals surface area (Å²) in [6.45, 7) is 4.18. The molecule has 9 heteroatoms. The fourth-order valence-electron chi connectivity index (χ4n) is 4.54. The van der Waals surface area contributed by atoms with Crippen LogP contribution in [-0.2, 0) is 20.9 Å². The predicted octanol–water partition coefficient (Wildman–Crippen LogP) is 6.50. The molecule has 1 N–H and O–H groups in total. The molecule has 1 unspecified atom stereocenters.